The standard InChI is InChI=1S/C14H28N2O2/c1-10(2)8-16(11(3)4)9-14(15-5,13(17)18)12-6-7-12/h10-12,15H,6-9H2,1-5H3,(H,17,18). The zero-order valence-corrected chi connectivity index (χ0v) is 12.4. The van der Waals surface area contributed by atoms with Crippen molar-refractivity contribution in [3.05, 3.63) is 0 Å². The van der Waals surface area contributed by atoms with E-state index in [-0.39, 0.29) is 5.92 Å². The van der Waals surface area contributed by atoms with Crippen LogP contribution in [-0.2, 0) is 4.79 Å². The summed E-state index contributed by atoms with van der Waals surface area (Å²) in [4.78, 5) is 14.0. The lowest BCUT2D eigenvalue weighted by molar-refractivity contribution is -0.147. The minimum atomic E-state index is -0.765. The van der Waals surface area contributed by atoms with Crippen LogP contribution in [0.5, 0.6) is 0 Å². The first kappa shape index (κ1) is 15.4. The Morgan fingerprint density at radius 3 is 2.22 bits per heavy atom. The lowest BCUT2D eigenvalue weighted by atomic mass is 9.91. The number of carboxylic acid groups (broad SMARTS) is 1. The van der Waals surface area contributed by atoms with Gasteiger partial charge in [0.15, 0.2) is 0 Å². The van der Waals surface area contributed by atoms with Gasteiger partial charge in [0.1, 0.15) is 5.54 Å². The highest BCUT2D eigenvalue weighted by atomic mass is 16.4. The summed E-state index contributed by atoms with van der Waals surface area (Å²) in [6.45, 7) is 10.2. The summed E-state index contributed by atoms with van der Waals surface area (Å²) in [5, 5.41) is 12.7. The van der Waals surface area contributed by atoms with Crippen molar-refractivity contribution in [1.82, 2.24) is 10.2 Å². The molecule has 1 fully saturated rings. The van der Waals surface area contributed by atoms with Gasteiger partial charge in [-0.1, -0.05) is 13.8 Å². The van der Waals surface area contributed by atoms with Gasteiger partial charge in [-0.2, -0.15) is 0 Å². The number of rotatable bonds is 8. The van der Waals surface area contributed by atoms with Crippen LogP contribution in [-0.4, -0.2) is 47.7 Å². The lowest BCUT2D eigenvalue weighted by Crippen LogP contribution is -2.60. The Morgan fingerprint density at radius 1 is 1.39 bits per heavy atom. The van der Waals surface area contributed by atoms with Gasteiger partial charge in [-0.15, -0.1) is 0 Å². The Kier molecular flexibility index (Phi) is 5.17. The summed E-state index contributed by atoms with van der Waals surface area (Å²) in [5.41, 5.74) is -0.765. The van der Waals surface area contributed by atoms with Crippen LogP contribution in [0.3, 0.4) is 0 Å². The number of nitrogens with zero attached hydrogens (tertiary/aromatic N) is 1. The smallest absolute Gasteiger partial charge is 0.325 e. The molecule has 1 saturated carbocycles. The summed E-state index contributed by atoms with van der Waals surface area (Å²) >= 11 is 0. The van der Waals surface area contributed by atoms with Crippen molar-refractivity contribution >= 4 is 5.97 Å². The fraction of sp³-hybridized carbons (Fsp3) is 0.929. The van der Waals surface area contributed by atoms with Crippen LogP contribution >= 0.6 is 0 Å². The highest BCUT2D eigenvalue weighted by Gasteiger charge is 2.51. The van der Waals surface area contributed by atoms with Gasteiger partial charge in [0, 0.05) is 19.1 Å². The van der Waals surface area contributed by atoms with E-state index in [2.05, 4.69) is 37.9 Å². The highest BCUT2D eigenvalue weighted by Crippen LogP contribution is 2.40. The van der Waals surface area contributed by atoms with Gasteiger partial charge in [-0.05, 0) is 45.6 Å². The van der Waals surface area contributed by atoms with E-state index < -0.39 is 11.5 Å². The first-order valence-corrected chi connectivity index (χ1v) is 6.99. The van der Waals surface area contributed by atoms with Crippen LogP contribution < -0.4 is 5.32 Å². The summed E-state index contributed by atoms with van der Waals surface area (Å²) in [6.07, 6.45) is 2.06. The van der Waals surface area contributed by atoms with E-state index in [1.807, 2.05) is 0 Å². The molecule has 18 heavy (non-hydrogen) atoms. The summed E-state index contributed by atoms with van der Waals surface area (Å²) in [6, 6.07) is 0.373. The van der Waals surface area contributed by atoms with Gasteiger partial charge in [0.25, 0.3) is 0 Å². The second kappa shape index (κ2) is 6.02. The van der Waals surface area contributed by atoms with Crippen molar-refractivity contribution in [2.45, 2.75) is 52.1 Å². The van der Waals surface area contributed by atoms with E-state index in [1.165, 1.54) is 0 Å². The molecular formula is C14H28N2O2. The van der Waals surface area contributed by atoms with E-state index in [1.54, 1.807) is 7.05 Å². The zero-order chi connectivity index (χ0) is 13.9. The molecule has 0 aliphatic heterocycles. The quantitative estimate of drug-likeness (QED) is 0.695. The number of hydrogen-bond donors (Lipinski definition) is 2. The molecule has 0 saturated heterocycles. The van der Waals surface area contributed by atoms with Gasteiger partial charge < -0.3 is 10.4 Å². The van der Waals surface area contributed by atoms with Crippen molar-refractivity contribution in [3.8, 4) is 0 Å². The van der Waals surface area contributed by atoms with E-state index in [9.17, 15) is 9.90 Å². The second-order valence-electron chi connectivity index (χ2n) is 6.22. The van der Waals surface area contributed by atoms with E-state index in [4.69, 9.17) is 0 Å². The maximum absolute atomic E-state index is 11.7. The van der Waals surface area contributed by atoms with Gasteiger partial charge in [0.2, 0.25) is 0 Å². The average molecular weight is 256 g/mol. The monoisotopic (exact) mass is 256 g/mol. The number of carboxylic acids is 1. The molecule has 4 nitrogen and oxygen atoms in total. The maximum atomic E-state index is 11.7. The van der Waals surface area contributed by atoms with Crippen molar-refractivity contribution in [2.75, 3.05) is 20.1 Å². The molecule has 0 bridgehead atoms. The minimum absolute atomic E-state index is 0.286. The number of hydrogen-bond acceptors (Lipinski definition) is 3. The topological polar surface area (TPSA) is 52.6 Å². The SMILES string of the molecule is CNC(CN(CC(C)C)C(C)C)(C(=O)O)C1CC1. The molecule has 0 heterocycles. The fourth-order valence-corrected chi connectivity index (χ4v) is 2.58. The van der Waals surface area contributed by atoms with Crippen LogP contribution in [0.1, 0.15) is 40.5 Å². The van der Waals surface area contributed by atoms with Gasteiger partial charge in [-0.3, -0.25) is 9.69 Å². The Balaban J connectivity index is 2.82. The van der Waals surface area contributed by atoms with Crippen molar-refractivity contribution < 1.29 is 9.90 Å². The normalized spacial score (nSPS) is 19.6. The largest absolute Gasteiger partial charge is 0.480 e. The average Bonchev–Trinajstić information content (AvgIpc) is 3.07. The Labute approximate surface area is 111 Å². The molecular weight excluding hydrogens is 228 g/mol. The Hall–Kier alpha value is -0.610. The van der Waals surface area contributed by atoms with E-state index in [0.29, 0.717) is 18.5 Å². The number of carbonyl (C=O) groups is 1. The molecule has 2 N–H and O–H groups in total. The molecule has 1 rings (SSSR count). The molecule has 1 unspecified atom stereocenters. The van der Waals surface area contributed by atoms with Crippen LogP contribution in [0, 0.1) is 11.8 Å². The molecule has 1 atom stereocenters. The van der Waals surface area contributed by atoms with E-state index >= 15 is 0 Å². The van der Waals surface area contributed by atoms with Crippen molar-refractivity contribution in [3.63, 3.8) is 0 Å². The summed E-state index contributed by atoms with van der Waals surface area (Å²) < 4.78 is 0. The third kappa shape index (κ3) is 3.45. The molecule has 106 valence electrons. The molecule has 0 radical (unpaired) electrons. The lowest BCUT2D eigenvalue weighted by Gasteiger charge is -2.38. The first-order valence-electron chi connectivity index (χ1n) is 6.99. The Morgan fingerprint density at radius 2 is 1.94 bits per heavy atom. The van der Waals surface area contributed by atoms with Crippen LogP contribution in [0.2, 0.25) is 0 Å². The molecule has 4 heteroatoms. The number of likely N-dealkylation sites (N-methyl/N-ethyl adjacent to an activating group) is 1. The molecule has 0 spiro atoms. The summed E-state index contributed by atoms with van der Waals surface area (Å²) in [5.74, 6) is 0.130. The molecule has 1 aliphatic rings. The Bertz CT molecular complexity index is 288. The first-order chi connectivity index (χ1) is 8.33. The highest BCUT2D eigenvalue weighted by molar-refractivity contribution is 5.80. The van der Waals surface area contributed by atoms with Crippen LogP contribution in [0.4, 0.5) is 0 Å². The van der Waals surface area contributed by atoms with Crippen LogP contribution in [0.25, 0.3) is 0 Å². The molecule has 0 aromatic heterocycles. The number of nitrogens with one attached hydrogen (secondary N) is 1. The molecule has 0 amide bonds. The van der Waals surface area contributed by atoms with Gasteiger partial charge in [-0.25, -0.2) is 0 Å². The van der Waals surface area contributed by atoms with Crippen LogP contribution in [0.15, 0.2) is 0 Å². The third-order valence-corrected chi connectivity index (χ3v) is 3.88. The molecule has 1 aliphatic carbocycles. The predicted octanol–water partition coefficient (Wildman–Crippen LogP) is 1.81. The molecule has 0 aromatic carbocycles. The maximum Gasteiger partial charge on any atom is 0.325 e. The molecule has 0 aromatic rings. The van der Waals surface area contributed by atoms with Crippen molar-refractivity contribution in [2.24, 2.45) is 11.8 Å². The van der Waals surface area contributed by atoms with E-state index in [0.717, 1.165) is 19.4 Å². The van der Waals surface area contributed by atoms with Gasteiger partial charge in [0.05, 0.1) is 0 Å². The van der Waals surface area contributed by atoms with Gasteiger partial charge >= 0.3 is 5.97 Å². The second-order valence-corrected chi connectivity index (χ2v) is 6.22. The fourth-order valence-electron chi connectivity index (χ4n) is 2.58. The minimum Gasteiger partial charge on any atom is -0.480 e. The number of aliphatic carboxylic acids is 1. The van der Waals surface area contributed by atoms with Crippen molar-refractivity contribution in [1.29, 1.82) is 0 Å². The third-order valence-electron chi connectivity index (χ3n) is 3.88. The predicted molar refractivity (Wildman–Crippen MR) is 73.7 cm³/mol. The zero-order valence-electron chi connectivity index (χ0n) is 12.4. The summed E-state index contributed by atoms with van der Waals surface area (Å²) in [7, 11) is 1.78.